The molecule has 112 valence electrons. The van der Waals surface area contributed by atoms with Gasteiger partial charge in [0, 0.05) is 6.92 Å². The molecule has 0 saturated heterocycles. The van der Waals surface area contributed by atoms with Gasteiger partial charge < -0.3 is 0 Å². The van der Waals surface area contributed by atoms with Crippen LogP contribution in [-0.2, 0) is 16.1 Å². The van der Waals surface area contributed by atoms with Crippen LogP contribution in [0, 0.1) is 0 Å². The van der Waals surface area contributed by atoms with Crippen molar-refractivity contribution in [2.75, 3.05) is 0 Å². The molecule has 0 saturated carbocycles. The molecular weight excluding hydrogens is 252 g/mol. The minimum absolute atomic E-state index is 0.435. The Morgan fingerprint density at radius 3 is 2.35 bits per heavy atom. The molecule has 3 heteroatoms. The molecule has 0 bridgehead atoms. The summed E-state index contributed by atoms with van der Waals surface area (Å²) in [5.41, 5.74) is 1.10. The quantitative estimate of drug-likeness (QED) is 0.349. The molecule has 3 nitrogen and oxygen atoms in total. The zero-order chi connectivity index (χ0) is 14.6. The van der Waals surface area contributed by atoms with Gasteiger partial charge in [0.15, 0.2) is 5.75 Å². The lowest BCUT2D eigenvalue weighted by atomic mass is 10.0. The molecule has 0 spiro atoms. The van der Waals surface area contributed by atoms with Crippen LogP contribution in [0.2, 0.25) is 0 Å². The van der Waals surface area contributed by atoms with E-state index in [-0.39, 0.29) is 0 Å². The van der Waals surface area contributed by atoms with E-state index in [4.69, 9.17) is 4.89 Å². The molecule has 0 aromatic heterocycles. The average molecular weight is 278 g/mol. The average Bonchev–Trinajstić information content (AvgIpc) is 2.45. The van der Waals surface area contributed by atoms with Crippen LogP contribution in [0.5, 0.6) is 5.75 Å². The predicted octanol–water partition coefficient (Wildman–Crippen LogP) is 4.84. The monoisotopic (exact) mass is 278 g/mol. The molecule has 0 fully saturated rings. The zero-order valence-electron chi connectivity index (χ0n) is 12.7. The minimum atomic E-state index is -0.435. The molecule has 0 aliphatic carbocycles. The molecule has 0 aliphatic heterocycles. The van der Waals surface area contributed by atoms with E-state index in [2.05, 4.69) is 11.8 Å². The number of unbranched alkanes of at least 4 members (excludes halogenated alkanes) is 6. The second-order valence-electron chi connectivity index (χ2n) is 5.14. The van der Waals surface area contributed by atoms with E-state index in [1.165, 1.54) is 45.4 Å². The molecule has 0 amide bonds. The van der Waals surface area contributed by atoms with E-state index in [1.807, 2.05) is 24.3 Å². The summed E-state index contributed by atoms with van der Waals surface area (Å²) in [5.74, 6) is 0.212. The Labute approximate surface area is 122 Å². The third kappa shape index (κ3) is 7.17. The van der Waals surface area contributed by atoms with E-state index in [1.54, 1.807) is 0 Å². The van der Waals surface area contributed by atoms with Crippen molar-refractivity contribution in [2.45, 2.75) is 65.2 Å². The molecule has 0 heterocycles. The van der Waals surface area contributed by atoms with Gasteiger partial charge in [-0.15, -0.1) is 0 Å². The number of benzene rings is 1. The predicted molar refractivity (Wildman–Crippen MR) is 80.5 cm³/mol. The summed E-state index contributed by atoms with van der Waals surface area (Å²) in [6, 6.07) is 7.72. The summed E-state index contributed by atoms with van der Waals surface area (Å²) >= 11 is 0. The van der Waals surface area contributed by atoms with Crippen molar-refractivity contribution >= 4 is 5.97 Å². The number of rotatable bonds is 10. The van der Waals surface area contributed by atoms with Crippen molar-refractivity contribution in [2.24, 2.45) is 0 Å². The SMILES string of the molecule is CCCCCCCCCc1ccccc1OOC(C)=O. The maximum Gasteiger partial charge on any atom is 0.352 e. The van der Waals surface area contributed by atoms with Crippen molar-refractivity contribution in [3.05, 3.63) is 29.8 Å². The number of carbonyl (C=O) groups is 1. The van der Waals surface area contributed by atoms with E-state index < -0.39 is 5.97 Å². The molecule has 0 N–H and O–H groups in total. The number of hydrogen-bond donors (Lipinski definition) is 0. The lowest BCUT2D eigenvalue weighted by Crippen LogP contribution is -2.04. The summed E-state index contributed by atoms with van der Waals surface area (Å²) in [6.07, 6.45) is 9.97. The maximum atomic E-state index is 10.8. The standard InChI is InChI=1S/C17H26O3/c1-3-4-5-6-7-8-9-12-16-13-10-11-14-17(16)20-19-15(2)18/h10-11,13-14H,3-9,12H2,1-2H3. The van der Waals surface area contributed by atoms with Crippen LogP contribution in [-0.4, -0.2) is 5.97 Å². The first-order valence-corrected chi connectivity index (χ1v) is 7.67. The van der Waals surface area contributed by atoms with Crippen LogP contribution >= 0.6 is 0 Å². The second-order valence-corrected chi connectivity index (χ2v) is 5.14. The first kappa shape index (κ1) is 16.5. The maximum absolute atomic E-state index is 10.8. The van der Waals surface area contributed by atoms with Gasteiger partial charge in [-0.1, -0.05) is 63.6 Å². The first-order valence-electron chi connectivity index (χ1n) is 7.67. The van der Waals surface area contributed by atoms with Crippen LogP contribution in [0.15, 0.2) is 24.3 Å². The normalized spacial score (nSPS) is 10.3. The molecule has 1 aromatic carbocycles. The van der Waals surface area contributed by atoms with Gasteiger partial charge in [-0.25, -0.2) is 4.79 Å². The van der Waals surface area contributed by atoms with Gasteiger partial charge in [0.2, 0.25) is 0 Å². The summed E-state index contributed by atoms with van der Waals surface area (Å²) in [6.45, 7) is 3.57. The summed E-state index contributed by atoms with van der Waals surface area (Å²) in [4.78, 5) is 20.4. The molecule has 1 aromatic rings. The van der Waals surface area contributed by atoms with Gasteiger partial charge >= 0.3 is 5.97 Å². The van der Waals surface area contributed by atoms with Crippen LogP contribution in [0.3, 0.4) is 0 Å². The van der Waals surface area contributed by atoms with Crippen LogP contribution in [0.4, 0.5) is 0 Å². The Bertz CT molecular complexity index is 388. The van der Waals surface area contributed by atoms with Crippen molar-refractivity contribution in [1.29, 1.82) is 0 Å². The number of hydrogen-bond acceptors (Lipinski definition) is 3. The van der Waals surface area contributed by atoms with E-state index >= 15 is 0 Å². The summed E-state index contributed by atoms with van der Waals surface area (Å²) in [7, 11) is 0. The van der Waals surface area contributed by atoms with E-state index in [9.17, 15) is 4.79 Å². The van der Waals surface area contributed by atoms with Gasteiger partial charge in [0.05, 0.1) is 0 Å². The number of aryl methyl sites for hydroxylation is 1. The van der Waals surface area contributed by atoms with Crippen LogP contribution in [0.1, 0.15) is 64.4 Å². The molecule has 0 aliphatic rings. The van der Waals surface area contributed by atoms with Gasteiger partial charge in [0.25, 0.3) is 0 Å². The highest BCUT2D eigenvalue weighted by atomic mass is 17.2. The van der Waals surface area contributed by atoms with Gasteiger partial charge in [-0.2, -0.15) is 0 Å². The van der Waals surface area contributed by atoms with Crippen molar-refractivity contribution in [3.63, 3.8) is 0 Å². The lowest BCUT2D eigenvalue weighted by molar-refractivity contribution is -0.211. The Balaban J connectivity index is 2.26. The fraction of sp³-hybridized carbons (Fsp3) is 0.588. The summed E-state index contributed by atoms with van der Waals surface area (Å²) in [5, 5.41) is 0. The van der Waals surface area contributed by atoms with Crippen LogP contribution < -0.4 is 4.89 Å². The molecule has 0 unspecified atom stereocenters. The summed E-state index contributed by atoms with van der Waals surface area (Å²) < 4.78 is 0. The fourth-order valence-electron chi connectivity index (χ4n) is 2.17. The van der Waals surface area contributed by atoms with Gasteiger partial charge in [-0.05, 0) is 24.5 Å². The van der Waals surface area contributed by atoms with Gasteiger partial charge in [-0.3, -0.25) is 9.78 Å². The topological polar surface area (TPSA) is 35.5 Å². The number of carbonyl (C=O) groups excluding carboxylic acids is 1. The van der Waals surface area contributed by atoms with E-state index in [0.717, 1.165) is 18.4 Å². The van der Waals surface area contributed by atoms with Crippen molar-refractivity contribution in [3.8, 4) is 5.75 Å². The molecule has 0 radical (unpaired) electrons. The number of para-hydroxylation sites is 1. The Hall–Kier alpha value is -1.51. The first-order chi connectivity index (χ1) is 9.74. The molecule has 0 atom stereocenters. The minimum Gasteiger partial charge on any atom is -0.287 e. The Morgan fingerprint density at radius 1 is 1.00 bits per heavy atom. The Kier molecular flexibility index (Phi) is 8.52. The van der Waals surface area contributed by atoms with Crippen molar-refractivity contribution in [1.82, 2.24) is 0 Å². The Morgan fingerprint density at radius 2 is 1.65 bits per heavy atom. The largest absolute Gasteiger partial charge is 0.352 e. The highest BCUT2D eigenvalue weighted by Gasteiger charge is 2.05. The smallest absolute Gasteiger partial charge is 0.287 e. The van der Waals surface area contributed by atoms with E-state index in [0.29, 0.717) is 5.75 Å². The second kappa shape index (κ2) is 10.3. The van der Waals surface area contributed by atoms with Crippen LogP contribution in [0.25, 0.3) is 0 Å². The lowest BCUT2D eigenvalue weighted by Gasteiger charge is -2.08. The van der Waals surface area contributed by atoms with Crippen molar-refractivity contribution < 1.29 is 14.6 Å². The molecule has 20 heavy (non-hydrogen) atoms. The third-order valence-corrected chi connectivity index (χ3v) is 3.27. The molecular formula is C17H26O3. The highest BCUT2D eigenvalue weighted by molar-refractivity contribution is 5.65. The van der Waals surface area contributed by atoms with Gasteiger partial charge in [0.1, 0.15) is 0 Å². The highest BCUT2D eigenvalue weighted by Crippen LogP contribution is 2.21. The molecule has 1 rings (SSSR count). The fourth-order valence-corrected chi connectivity index (χ4v) is 2.17. The third-order valence-electron chi connectivity index (χ3n) is 3.27. The zero-order valence-corrected chi connectivity index (χ0v) is 12.7.